The lowest BCUT2D eigenvalue weighted by atomic mass is 9.63. The van der Waals surface area contributed by atoms with E-state index in [1.807, 2.05) is 12.1 Å². The summed E-state index contributed by atoms with van der Waals surface area (Å²) >= 11 is 0. The van der Waals surface area contributed by atoms with Crippen molar-refractivity contribution in [1.29, 1.82) is 0 Å². The van der Waals surface area contributed by atoms with E-state index in [-0.39, 0.29) is 0 Å². The number of rotatable bonds is 7. The fourth-order valence-corrected chi connectivity index (χ4v) is 10.3. The van der Waals surface area contributed by atoms with Gasteiger partial charge in [0.2, 0.25) is 0 Å². The lowest BCUT2D eigenvalue weighted by Gasteiger charge is -2.38. The van der Waals surface area contributed by atoms with Crippen molar-refractivity contribution in [3.05, 3.63) is 270 Å². The van der Waals surface area contributed by atoms with Crippen LogP contribution in [-0.2, 0) is 5.41 Å². The van der Waals surface area contributed by atoms with Crippen molar-refractivity contribution in [2.24, 2.45) is 0 Å². The monoisotopic (exact) mass is 817 g/mol. The molecule has 2 nitrogen and oxygen atoms in total. The van der Waals surface area contributed by atoms with E-state index in [0.717, 1.165) is 50.1 Å². The molecule has 0 saturated carbocycles. The van der Waals surface area contributed by atoms with Crippen LogP contribution < -0.4 is 4.90 Å². The smallest absolute Gasteiger partial charge is 0.143 e. The molecule has 11 aromatic rings. The van der Waals surface area contributed by atoms with Gasteiger partial charge in [-0.1, -0.05) is 206 Å². The number of hydrogen-bond acceptors (Lipinski definition) is 2. The third-order valence-corrected chi connectivity index (χ3v) is 13.3. The number of benzene rings is 10. The molecule has 64 heavy (non-hydrogen) atoms. The van der Waals surface area contributed by atoms with Gasteiger partial charge in [-0.3, -0.25) is 0 Å². The molecule has 0 spiro atoms. The minimum absolute atomic E-state index is 0.611. The van der Waals surface area contributed by atoms with Gasteiger partial charge in [-0.2, -0.15) is 0 Å². The van der Waals surface area contributed by atoms with Crippen LogP contribution >= 0.6 is 0 Å². The number of hydrogen-bond donors (Lipinski definition) is 0. The highest BCUT2D eigenvalue weighted by atomic mass is 16.3. The van der Waals surface area contributed by atoms with Gasteiger partial charge in [-0.25, -0.2) is 0 Å². The highest BCUT2D eigenvalue weighted by Gasteiger charge is 2.43. The topological polar surface area (TPSA) is 16.4 Å². The average molecular weight is 818 g/mol. The Morgan fingerprint density at radius 1 is 0.328 bits per heavy atom. The first-order valence-electron chi connectivity index (χ1n) is 22.1. The van der Waals surface area contributed by atoms with Crippen LogP contribution in [0.1, 0.15) is 27.8 Å². The zero-order valence-corrected chi connectivity index (χ0v) is 35.4. The molecule has 0 radical (unpaired) electrons. The van der Waals surface area contributed by atoms with Gasteiger partial charge < -0.3 is 9.32 Å². The molecule has 1 aromatic heterocycles. The number of nitrogens with zero attached hydrogens (tertiary/aromatic N) is 1. The quantitative estimate of drug-likeness (QED) is 0.159. The van der Waals surface area contributed by atoms with E-state index in [2.05, 4.69) is 242 Å². The van der Waals surface area contributed by atoms with Crippen LogP contribution in [0.5, 0.6) is 0 Å². The van der Waals surface area contributed by atoms with Gasteiger partial charge >= 0.3 is 0 Å². The number of aryl methyl sites for hydroxylation is 1. The number of anilines is 3. The maximum Gasteiger partial charge on any atom is 0.143 e. The van der Waals surface area contributed by atoms with Crippen molar-refractivity contribution in [3.8, 4) is 44.5 Å². The number of furan rings is 1. The molecule has 0 unspecified atom stereocenters. The largest absolute Gasteiger partial charge is 0.455 e. The molecule has 0 amide bonds. The predicted molar refractivity (Wildman–Crippen MR) is 267 cm³/mol. The molecule has 0 fully saturated rings. The first kappa shape index (κ1) is 37.6. The third kappa shape index (κ3) is 6.02. The highest BCUT2D eigenvalue weighted by molar-refractivity contribution is 6.09. The third-order valence-electron chi connectivity index (χ3n) is 13.3. The van der Waals surface area contributed by atoms with Gasteiger partial charge in [0.15, 0.2) is 0 Å². The first-order chi connectivity index (χ1) is 31.6. The van der Waals surface area contributed by atoms with E-state index in [0.29, 0.717) is 0 Å². The first-order valence-corrected chi connectivity index (χ1v) is 22.1. The van der Waals surface area contributed by atoms with E-state index in [1.54, 1.807) is 0 Å². The summed E-state index contributed by atoms with van der Waals surface area (Å²) in [6, 6.07) is 88.6. The van der Waals surface area contributed by atoms with Crippen LogP contribution in [0.2, 0.25) is 0 Å². The molecular formula is C62H43NO. The fraction of sp³-hybridized carbons (Fsp3) is 0.0323. The SMILES string of the molecule is Cc1ccc(C2(c3ccc(N(c4ccc(-c5ccccc5)cc4)c4ccc(-c5cccc6c5oc5ccccc56)cc4)cc3)c3ccccc3-c3ccccc3-c3ccccc32)cc1. The number of fused-ring (bicyclic) bond motifs is 8. The Morgan fingerprint density at radius 3 is 1.38 bits per heavy atom. The maximum atomic E-state index is 6.47. The Labute approximate surface area is 374 Å². The second-order valence-corrected chi connectivity index (χ2v) is 16.9. The van der Waals surface area contributed by atoms with E-state index < -0.39 is 5.41 Å². The Hall–Kier alpha value is -8.20. The molecule has 0 atom stereocenters. The number of para-hydroxylation sites is 2. The Morgan fingerprint density at radius 2 is 0.766 bits per heavy atom. The summed E-state index contributed by atoms with van der Waals surface area (Å²) in [5, 5.41) is 2.26. The van der Waals surface area contributed by atoms with Gasteiger partial charge in [-0.15, -0.1) is 0 Å². The Bertz CT molecular complexity index is 3410. The summed E-state index contributed by atoms with van der Waals surface area (Å²) < 4.78 is 6.47. The molecule has 2 heteroatoms. The van der Waals surface area contributed by atoms with Gasteiger partial charge in [0.05, 0.1) is 5.41 Å². The zero-order valence-electron chi connectivity index (χ0n) is 35.4. The van der Waals surface area contributed by atoms with E-state index >= 15 is 0 Å². The fourth-order valence-electron chi connectivity index (χ4n) is 10.3. The van der Waals surface area contributed by atoms with E-state index in [4.69, 9.17) is 4.42 Å². The Kier molecular flexibility index (Phi) is 8.98. The van der Waals surface area contributed by atoms with Gasteiger partial charge in [0.1, 0.15) is 11.2 Å². The van der Waals surface area contributed by atoms with Gasteiger partial charge in [-0.05, 0) is 111 Å². The minimum atomic E-state index is -0.611. The summed E-state index contributed by atoms with van der Waals surface area (Å²) in [6.45, 7) is 2.17. The molecular weight excluding hydrogens is 775 g/mol. The van der Waals surface area contributed by atoms with Crippen LogP contribution in [0.4, 0.5) is 17.1 Å². The molecule has 0 N–H and O–H groups in total. The maximum absolute atomic E-state index is 6.47. The molecule has 0 bridgehead atoms. The standard InChI is InChI=1S/C62H43NO/c1-42-26-32-46(33-27-42)62(58-23-10-7-18-54(58)52-16-5-6-17-53(52)55-19-8-11-24-59(55)62)47-34-40-50(41-35-47)63(48-36-28-44(29-37-48)43-14-3-2-4-15-43)49-38-30-45(31-39-49)51-21-13-22-57-56-20-9-12-25-60(56)64-61(51)57/h2-41H,1H3. The summed E-state index contributed by atoms with van der Waals surface area (Å²) in [5.74, 6) is 0. The summed E-state index contributed by atoms with van der Waals surface area (Å²) in [6.07, 6.45) is 0. The lowest BCUT2D eigenvalue weighted by molar-refractivity contribution is 0.670. The summed E-state index contributed by atoms with van der Waals surface area (Å²) in [7, 11) is 0. The second-order valence-electron chi connectivity index (χ2n) is 16.9. The van der Waals surface area contributed by atoms with Crippen LogP contribution in [0.3, 0.4) is 0 Å². The van der Waals surface area contributed by atoms with Crippen LogP contribution in [0.25, 0.3) is 66.4 Å². The molecule has 1 heterocycles. The van der Waals surface area contributed by atoms with Crippen molar-refractivity contribution >= 4 is 39.0 Å². The predicted octanol–water partition coefficient (Wildman–Crippen LogP) is 16.7. The molecule has 1 aliphatic rings. The normalized spacial score (nSPS) is 12.6. The molecule has 0 aliphatic heterocycles. The highest BCUT2D eigenvalue weighted by Crippen LogP contribution is 2.55. The van der Waals surface area contributed by atoms with E-state index in [1.165, 1.54) is 61.2 Å². The van der Waals surface area contributed by atoms with Crippen molar-refractivity contribution in [2.75, 3.05) is 4.90 Å². The Balaban J connectivity index is 1.03. The van der Waals surface area contributed by atoms with E-state index in [9.17, 15) is 0 Å². The van der Waals surface area contributed by atoms with Crippen LogP contribution in [-0.4, -0.2) is 0 Å². The average Bonchev–Trinajstić information content (AvgIpc) is 3.71. The van der Waals surface area contributed by atoms with Gasteiger partial charge in [0.25, 0.3) is 0 Å². The van der Waals surface area contributed by atoms with Crippen molar-refractivity contribution in [1.82, 2.24) is 0 Å². The van der Waals surface area contributed by atoms with Crippen LogP contribution in [0, 0.1) is 6.92 Å². The lowest BCUT2D eigenvalue weighted by Crippen LogP contribution is -2.31. The molecule has 10 aromatic carbocycles. The van der Waals surface area contributed by atoms with Gasteiger partial charge in [0, 0.05) is 33.4 Å². The van der Waals surface area contributed by atoms with Crippen molar-refractivity contribution in [2.45, 2.75) is 12.3 Å². The molecule has 12 rings (SSSR count). The zero-order chi connectivity index (χ0) is 42.6. The molecule has 302 valence electrons. The summed E-state index contributed by atoms with van der Waals surface area (Å²) in [5.41, 5.74) is 20.2. The van der Waals surface area contributed by atoms with Crippen LogP contribution in [0.15, 0.2) is 247 Å². The molecule has 0 saturated heterocycles. The molecule has 1 aliphatic carbocycles. The second kappa shape index (κ2) is 15.3. The van der Waals surface area contributed by atoms with Crippen molar-refractivity contribution < 1.29 is 4.42 Å². The minimum Gasteiger partial charge on any atom is -0.455 e. The van der Waals surface area contributed by atoms with Crippen molar-refractivity contribution in [3.63, 3.8) is 0 Å². The summed E-state index contributed by atoms with van der Waals surface area (Å²) in [4.78, 5) is 2.37.